The third-order valence-corrected chi connectivity index (χ3v) is 4.78. The van der Waals surface area contributed by atoms with Crippen molar-refractivity contribution in [3.63, 3.8) is 0 Å². The normalized spacial score (nSPS) is 13.8. The monoisotopic (exact) mass is 370 g/mol. The van der Waals surface area contributed by atoms with E-state index in [-0.39, 0.29) is 18.6 Å². The lowest BCUT2D eigenvalue weighted by Crippen LogP contribution is -2.33. The number of rotatable bonds is 6. The summed E-state index contributed by atoms with van der Waals surface area (Å²) < 4.78 is 16.9. The van der Waals surface area contributed by atoms with Crippen LogP contribution >= 0.6 is 0 Å². The number of likely N-dealkylation sites (N-methyl/N-ethyl adjacent to an activating group) is 1. The van der Waals surface area contributed by atoms with Crippen LogP contribution < -0.4 is 14.2 Å². The van der Waals surface area contributed by atoms with E-state index in [0.717, 1.165) is 34.9 Å². The molecular formula is C21H26N2O4. The highest BCUT2D eigenvalue weighted by molar-refractivity contribution is 5.78. The maximum absolute atomic E-state index is 12.6. The van der Waals surface area contributed by atoms with Gasteiger partial charge < -0.3 is 19.1 Å². The zero-order valence-electron chi connectivity index (χ0n) is 16.3. The Kier molecular flexibility index (Phi) is 5.84. The molecule has 3 rings (SSSR count). The van der Waals surface area contributed by atoms with Gasteiger partial charge in [-0.05, 0) is 50.1 Å². The average Bonchev–Trinajstić information content (AvgIpc) is 2.70. The predicted octanol–water partition coefficient (Wildman–Crippen LogP) is 3.32. The number of aromatic nitrogens is 1. The summed E-state index contributed by atoms with van der Waals surface area (Å²) in [5.41, 5.74) is 2.79. The van der Waals surface area contributed by atoms with Crippen molar-refractivity contribution in [1.29, 1.82) is 0 Å². The summed E-state index contributed by atoms with van der Waals surface area (Å²) in [5, 5.41) is 0. The number of carbonyl (C=O) groups is 1. The van der Waals surface area contributed by atoms with E-state index in [2.05, 4.69) is 4.98 Å². The van der Waals surface area contributed by atoms with Crippen molar-refractivity contribution in [2.45, 2.75) is 33.2 Å². The minimum Gasteiger partial charge on any atom is -0.486 e. The molecule has 1 amide bonds. The Morgan fingerprint density at radius 1 is 1.22 bits per heavy atom. The fraction of sp³-hybridized carbons (Fsp3) is 0.429. The number of hydrogen-bond acceptors (Lipinski definition) is 5. The number of hydrogen-bond donors (Lipinski definition) is 0. The fourth-order valence-corrected chi connectivity index (χ4v) is 2.98. The lowest BCUT2D eigenvalue weighted by atomic mass is 10.1. The Bertz CT molecular complexity index is 822. The van der Waals surface area contributed by atoms with E-state index in [1.807, 2.05) is 51.1 Å². The molecule has 0 radical (unpaired) electrons. The Balaban J connectivity index is 1.64. The van der Waals surface area contributed by atoms with Gasteiger partial charge in [-0.25, -0.2) is 0 Å². The lowest BCUT2D eigenvalue weighted by molar-refractivity contribution is -0.134. The van der Waals surface area contributed by atoms with E-state index in [9.17, 15) is 4.79 Å². The van der Waals surface area contributed by atoms with Crippen LogP contribution in [0.3, 0.4) is 0 Å². The molecule has 1 atom stereocenters. The summed E-state index contributed by atoms with van der Waals surface area (Å²) in [5.74, 6) is 2.03. The molecule has 0 fully saturated rings. The average molecular weight is 370 g/mol. The fourth-order valence-electron chi connectivity index (χ4n) is 2.98. The third kappa shape index (κ3) is 4.32. The highest BCUT2D eigenvalue weighted by Crippen LogP contribution is 2.33. The van der Waals surface area contributed by atoms with Gasteiger partial charge in [0.15, 0.2) is 18.1 Å². The molecule has 0 aliphatic carbocycles. The molecule has 27 heavy (non-hydrogen) atoms. The SMILES string of the molecule is CCc1nc(C)ccc1OCC(=O)N(C)[C@H](C)c1ccc2c(c1)OCCO2. The summed E-state index contributed by atoms with van der Waals surface area (Å²) in [6, 6.07) is 9.43. The molecule has 6 nitrogen and oxygen atoms in total. The van der Waals surface area contributed by atoms with E-state index in [1.165, 1.54) is 0 Å². The van der Waals surface area contributed by atoms with Crippen LogP contribution in [0.1, 0.15) is 36.8 Å². The van der Waals surface area contributed by atoms with Crippen molar-refractivity contribution in [2.75, 3.05) is 26.9 Å². The van der Waals surface area contributed by atoms with Crippen LogP contribution in [-0.2, 0) is 11.2 Å². The maximum Gasteiger partial charge on any atom is 0.260 e. The van der Waals surface area contributed by atoms with Gasteiger partial charge in [0.1, 0.15) is 19.0 Å². The second-order valence-electron chi connectivity index (χ2n) is 6.62. The molecule has 0 bridgehead atoms. The summed E-state index contributed by atoms with van der Waals surface area (Å²) >= 11 is 0. The summed E-state index contributed by atoms with van der Waals surface area (Å²) in [4.78, 5) is 18.8. The van der Waals surface area contributed by atoms with Crippen LogP contribution in [0.4, 0.5) is 0 Å². The zero-order chi connectivity index (χ0) is 19.4. The first-order valence-corrected chi connectivity index (χ1v) is 9.24. The van der Waals surface area contributed by atoms with Crippen LogP contribution in [0.15, 0.2) is 30.3 Å². The first kappa shape index (κ1) is 19.0. The minimum atomic E-state index is -0.112. The van der Waals surface area contributed by atoms with E-state index >= 15 is 0 Å². The molecule has 144 valence electrons. The van der Waals surface area contributed by atoms with Gasteiger partial charge in [-0.15, -0.1) is 0 Å². The third-order valence-electron chi connectivity index (χ3n) is 4.78. The van der Waals surface area contributed by atoms with E-state index in [1.54, 1.807) is 11.9 Å². The van der Waals surface area contributed by atoms with Crippen LogP contribution in [0.5, 0.6) is 17.2 Å². The smallest absolute Gasteiger partial charge is 0.260 e. The van der Waals surface area contributed by atoms with Gasteiger partial charge in [0.25, 0.3) is 5.91 Å². The van der Waals surface area contributed by atoms with Gasteiger partial charge in [0.05, 0.1) is 11.7 Å². The highest BCUT2D eigenvalue weighted by atomic mass is 16.6. The number of nitrogens with zero attached hydrogens (tertiary/aromatic N) is 2. The van der Waals surface area contributed by atoms with Crippen molar-refractivity contribution >= 4 is 5.91 Å². The summed E-state index contributed by atoms with van der Waals surface area (Å²) in [7, 11) is 1.78. The number of carbonyl (C=O) groups excluding carboxylic acids is 1. The standard InChI is InChI=1S/C21H26N2O4/c1-5-17-18(8-6-14(2)22-17)27-13-21(24)23(4)15(3)16-7-9-19-20(12-16)26-11-10-25-19/h6-9,12,15H,5,10-11,13H2,1-4H3/t15-/m1/s1. The Morgan fingerprint density at radius 3 is 2.70 bits per heavy atom. The number of benzene rings is 1. The molecule has 6 heteroatoms. The van der Waals surface area contributed by atoms with Gasteiger partial charge in [-0.1, -0.05) is 13.0 Å². The van der Waals surface area contributed by atoms with Crippen LogP contribution in [0, 0.1) is 6.92 Å². The first-order valence-electron chi connectivity index (χ1n) is 9.24. The van der Waals surface area contributed by atoms with Crippen molar-refractivity contribution in [1.82, 2.24) is 9.88 Å². The molecule has 0 saturated heterocycles. The molecule has 1 aliphatic heterocycles. The number of aryl methyl sites for hydroxylation is 2. The minimum absolute atomic E-state index is 0.0247. The van der Waals surface area contributed by atoms with Crippen molar-refractivity contribution in [3.05, 3.63) is 47.3 Å². The molecular weight excluding hydrogens is 344 g/mol. The maximum atomic E-state index is 12.6. The molecule has 1 aromatic heterocycles. The molecule has 2 heterocycles. The largest absolute Gasteiger partial charge is 0.486 e. The highest BCUT2D eigenvalue weighted by Gasteiger charge is 2.21. The number of pyridine rings is 1. The van der Waals surface area contributed by atoms with Gasteiger partial charge in [-0.2, -0.15) is 0 Å². The molecule has 0 unspecified atom stereocenters. The Labute approximate surface area is 160 Å². The molecule has 0 spiro atoms. The molecule has 1 aromatic carbocycles. The number of ether oxygens (including phenoxy) is 3. The Morgan fingerprint density at radius 2 is 1.96 bits per heavy atom. The quantitative estimate of drug-likeness (QED) is 0.781. The van der Waals surface area contributed by atoms with Crippen LogP contribution in [0.2, 0.25) is 0 Å². The Hall–Kier alpha value is -2.76. The number of amides is 1. The van der Waals surface area contributed by atoms with Gasteiger partial charge in [-0.3, -0.25) is 9.78 Å². The second kappa shape index (κ2) is 8.29. The summed E-state index contributed by atoms with van der Waals surface area (Å²) in [6.45, 7) is 7.02. The molecule has 1 aliphatic rings. The topological polar surface area (TPSA) is 60.9 Å². The predicted molar refractivity (Wildman–Crippen MR) is 102 cm³/mol. The van der Waals surface area contributed by atoms with E-state index in [0.29, 0.717) is 19.0 Å². The first-order chi connectivity index (χ1) is 13.0. The molecule has 0 saturated carbocycles. The van der Waals surface area contributed by atoms with Crippen molar-refractivity contribution < 1.29 is 19.0 Å². The zero-order valence-corrected chi connectivity index (χ0v) is 16.3. The van der Waals surface area contributed by atoms with Crippen molar-refractivity contribution in [3.8, 4) is 17.2 Å². The molecule has 2 aromatic rings. The van der Waals surface area contributed by atoms with Gasteiger partial charge in [0, 0.05) is 12.7 Å². The van der Waals surface area contributed by atoms with Crippen LogP contribution in [-0.4, -0.2) is 42.7 Å². The summed E-state index contributed by atoms with van der Waals surface area (Å²) in [6.07, 6.45) is 0.759. The number of fused-ring (bicyclic) bond motifs is 1. The van der Waals surface area contributed by atoms with E-state index < -0.39 is 0 Å². The molecule has 0 N–H and O–H groups in total. The van der Waals surface area contributed by atoms with Crippen molar-refractivity contribution in [2.24, 2.45) is 0 Å². The second-order valence-corrected chi connectivity index (χ2v) is 6.62. The van der Waals surface area contributed by atoms with Gasteiger partial charge in [0.2, 0.25) is 0 Å². The van der Waals surface area contributed by atoms with Gasteiger partial charge >= 0.3 is 0 Å². The lowest BCUT2D eigenvalue weighted by Gasteiger charge is -2.27. The van der Waals surface area contributed by atoms with Crippen LogP contribution in [0.25, 0.3) is 0 Å². The van der Waals surface area contributed by atoms with E-state index in [4.69, 9.17) is 14.2 Å².